The van der Waals surface area contributed by atoms with Crippen molar-refractivity contribution in [3.63, 3.8) is 0 Å². The third-order valence-electron chi connectivity index (χ3n) is 6.11. The molecule has 1 aromatic heterocycles. The van der Waals surface area contributed by atoms with Crippen LogP contribution in [0.2, 0.25) is 5.02 Å². The fraction of sp³-hybridized carbons (Fsp3) is 0.400. The van der Waals surface area contributed by atoms with E-state index in [9.17, 15) is 9.59 Å². The van der Waals surface area contributed by atoms with Gasteiger partial charge in [-0.15, -0.1) is 0 Å². The summed E-state index contributed by atoms with van der Waals surface area (Å²) >= 11 is 6.03. The lowest BCUT2D eigenvalue weighted by Crippen LogP contribution is -2.47. The van der Waals surface area contributed by atoms with E-state index in [1.54, 1.807) is 25.1 Å². The molecule has 1 aliphatic heterocycles. The highest BCUT2D eigenvalue weighted by Crippen LogP contribution is 2.23. The zero-order chi connectivity index (χ0) is 24.2. The zero-order valence-electron chi connectivity index (χ0n) is 19.8. The monoisotopic (exact) mass is 483 g/mol. The van der Waals surface area contributed by atoms with Crippen molar-refractivity contribution in [2.45, 2.75) is 33.9 Å². The van der Waals surface area contributed by atoms with Gasteiger partial charge in [0.2, 0.25) is 5.91 Å². The zero-order valence-corrected chi connectivity index (χ0v) is 20.6. The number of hydrogen-bond acceptors (Lipinski definition) is 5. The van der Waals surface area contributed by atoms with E-state index in [1.807, 2.05) is 30.0 Å². The van der Waals surface area contributed by atoms with Gasteiger partial charge >= 0.3 is 0 Å². The van der Waals surface area contributed by atoms with Gasteiger partial charge in [-0.3, -0.25) is 14.5 Å². The SMILES string of the molecule is CCn1c(CN2CCN(C(C)=O)CC2)nc2cc(NC(=O)COc3ccc(Cl)c(C)c3)ccc21. The molecule has 2 amide bonds. The molecule has 9 heteroatoms. The molecule has 0 atom stereocenters. The summed E-state index contributed by atoms with van der Waals surface area (Å²) in [6.07, 6.45) is 0. The average Bonchev–Trinajstić information content (AvgIpc) is 3.16. The minimum absolute atomic E-state index is 0.0972. The number of nitrogens with zero attached hydrogens (tertiary/aromatic N) is 4. The van der Waals surface area contributed by atoms with Crippen LogP contribution in [0.3, 0.4) is 0 Å². The number of amides is 2. The summed E-state index contributed by atoms with van der Waals surface area (Å²) in [7, 11) is 0. The van der Waals surface area contributed by atoms with Crippen LogP contribution in [-0.2, 0) is 22.7 Å². The van der Waals surface area contributed by atoms with Crippen molar-refractivity contribution in [2.75, 3.05) is 38.1 Å². The predicted octanol–water partition coefficient (Wildman–Crippen LogP) is 3.70. The van der Waals surface area contributed by atoms with Crippen LogP contribution in [0.25, 0.3) is 11.0 Å². The maximum atomic E-state index is 12.4. The number of rotatable bonds is 7. The van der Waals surface area contributed by atoms with Gasteiger partial charge < -0.3 is 19.5 Å². The minimum Gasteiger partial charge on any atom is -0.484 e. The van der Waals surface area contributed by atoms with Crippen molar-refractivity contribution in [3.05, 3.63) is 52.8 Å². The molecule has 0 unspecified atom stereocenters. The second kappa shape index (κ2) is 10.4. The molecule has 1 aliphatic rings. The molecule has 2 aromatic carbocycles. The predicted molar refractivity (Wildman–Crippen MR) is 133 cm³/mol. The molecule has 8 nitrogen and oxygen atoms in total. The Kier molecular flexibility index (Phi) is 7.38. The van der Waals surface area contributed by atoms with Crippen molar-refractivity contribution in [1.29, 1.82) is 0 Å². The fourth-order valence-electron chi connectivity index (χ4n) is 4.20. The van der Waals surface area contributed by atoms with E-state index in [2.05, 4.69) is 21.7 Å². The summed E-state index contributed by atoms with van der Waals surface area (Å²) in [6, 6.07) is 11.1. The first-order valence-corrected chi connectivity index (χ1v) is 11.9. The van der Waals surface area contributed by atoms with E-state index in [1.165, 1.54) is 0 Å². The number of carbonyl (C=O) groups excluding carboxylic acids is 2. The Hall–Kier alpha value is -3.10. The number of hydrogen-bond donors (Lipinski definition) is 1. The number of aromatic nitrogens is 2. The summed E-state index contributed by atoms with van der Waals surface area (Å²) in [5.41, 5.74) is 3.45. The standard InChI is InChI=1S/C25H30ClN5O3/c1-4-31-23-8-5-19(27-25(33)16-34-20-6-7-21(26)17(2)13-20)14-22(23)28-24(31)15-29-9-11-30(12-10-29)18(3)32/h5-8,13-14H,4,9-12,15-16H2,1-3H3,(H,27,33). The fourth-order valence-corrected chi connectivity index (χ4v) is 4.32. The Morgan fingerprint density at radius 2 is 1.88 bits per heavy atom. The molecule has 0 bridgehead atoms. The molecule has 0 aliphatic carbocycles. The first kappa shape index (κ1) is 24.0. The van der Waals surface area contributed by atoms with Crippen LogP contribution in [0.1, 0.15) is 25.2 Å². The second-order valence-corrected chi connectivity index (χ2v) is 8.91. The maximum absolute atomic E-state index is 12.4. The maximum Gasteiger partial charge on any atom is 0.262 e. The highest BCUT2D eigenvalue weighted by molar-refractivity contribution is 6.31. The van der Waals surface area contributed by atoms with E-state index in [0.717, 1.165) is 61.7 Å². The quantitative estimate of drug-likeness (QED) is 0.554. The van der Waals surface area contributed by atoms with Crippen molar-refractivity contribution < 1.29 is 14.3 Å². The van der Waals surface area contributed by atoms with E-state index in [4.69, 9.17) is 21.3 Å². The third kappa shape index (κ3) is 5.51. The van der Waals surface area contributed by atoms with Gasteiger partial charge in [0, 0.05) is 50.4 Å². The van der Waals surface area contributed by atoms with Gasteiger partial charge in [0.25, 0.3) is 5.91 Å². The summed E-state index contributed by atoms with van der Waals surface area (Å²) < 4.78 is 7.79. The van der Waals surface area contributed by atoms with Crippen molar-refractivity contribution in [2.24, 2.45) is 0 Å². The van der Waals surface area contributed by atoms with E-state index in [0.29, 0.717) is 16.5 Å². The molecule has 3 aromatic rings. The largest absolute Gasteiger partial charge is 0.484 e. The second-order valence-electron chi connectivity index (χ2n) is 8.51. The summed E-state index contributed by atoms with van der Waals surface area (Å²) in [5.74, 6) is 1.47. The molecule has 1 saturated heterocycles. The van der Waals surface area contributed by atoms with Gasteiger partial charge in [-0.2, -0.15) is 0 Å². The normalized spacial score (nSPS) is 14.4. The molecule has 180 valence electrons. The van der Waals surface area contributed by atoms with E-state index < -0.39 is 0 Å². The number of piperazine rings is 1. The number of aryl methyl sites for hydroxylation is 2. The van der Waals surface area contributed by atoms with Gasteiger partial charge in [-0.25, -0.2) is 4.98 Å². The number of nitrogens with one attached hydrogen (secondary N) is 1. The number of imidazole rings is 1. The molecule has 0 radical (unpaired) electrons. The van der Waals surface area contributed by atoms with Crippen molar-refractivity contribution in [1.82, 2.24) is 19.4 Å². The topological polar surface area (TPSA) is 79.7 Å². The molecule has 2 heterocycles. The van der Waals surface area contributed by atoms with Crippen molar-refractivity contribution >= 4 is 40.1 Å². The van der Waals surface area contributed by atoms with Crippen LogP contribution in [0.15, 0.2) is 36.4 Å². The summed E-state index contributed by atoms with van der Waals surface area (Å²) in [4.78, 5) is 33.1. The van der Waals surface area contributed by atoms with E-state index in [-0.39, 0.29) is 18.4 Å². The number of benzene rings is 2. The first-order valence-electron chi connectivity index (χ1n) is 11.5. The lowest BCUT2D eigenvalue weighted by atomic mass is 10.2. The summed E-state index contributed by atoms with van der Waals surface area (Å²) in [5, 5.41) is 3.55. The molecular weight excluding hydrogens is 454 g/mol. The molecule has 0 spiro atoms. The number of anilines is 1. The van der Waals surface area contributed by atoms with Gasteiger partial charge in [-0.05, 0) is 55.8 Å². The number of fused-ring (bicyclic) bond motifs is 1. The molecule has 4 rings (SSSR count). The van der Waals surface area contributed by atoms with Crippen LogP contribution in [-0.4, -0.2) is 64.0 Å². The molecule has 1 N–H and O–H groups in total. The lowest BCUT2D eigenvalue weighted by molar-refractivity contribution is -0.130. The Morgan fingerprint density at radius 1 is 1.12 bits per heavy atom. The molecule has 34 heavy (non-hydrogen) atoms. The van der Waals surface area contributed by atoms with E-state index >= 15 is 0 Å². The third-order valence-corrected chi connectivity index (χ3v) is 6.53. The lowest BCUT2D eigenvalue weighted by Gasteiger charge is -2.33. The highest BCUT2D eigenvalue weighted by Gasteiger charge is 2.21. The van der Waals surface area contributed by atoms with Crippen molar-refractivity contribution in [3.8, 4) is 5.75 Å². The highest BCUT2D eigenvalue weighted by atomic mass is 35.5. The Labute approximate surface area is 204 Å². The Balaban J connectivity index is 1.40. The minimum atomic E-state index is -0.245. The van der Waals surface area contributed by atoms with Gasteiger partial charge in [0.15, 0.2) is 6.61 Å². The Bertz CT molecular complexity index is 1200. The van der Waals surface area contributed by atoms with Gasteiger partial charge in [0.1, 0.15) is 11.6 Å². The van der Waals surface area contributed by atoms with Crippen LogP contribution in [0.5, 0.6) is 5.75 Å². The molecule has 0 saturated carbocycles. The molecular formula is C25H30ClN5O3. The van der Waals surface area contributed by atoms with Crippen LogP contribution >= 0.6 is 11.6 Å². The number of ether oxygens (including phenoxy) is 1. The van der Waals surface area contributed by atoms with Gasteiger partial charge in [-0.1, -0.05) is 11.6 Å². The molecule has 1 fully saturated rings. The van der Waals surface area contributed by atoms with Crippen LogP contribution in [0, 0.1) is 6.92 Å². The van der Waals surface area contributed by atoms with Gasteiger partial charge in [0.05, 0.1) is 17.6 Å². The number of carbonyl (C=O) groups is 2. The van der Waals surface area contributed by atoms with Crippen LogP contribution < -0.4 is 10.1 Å². The Morgan fingerprint density at radius 3 is 2.56 bits per heavy atom. The average molecular weight is 484 g/mol. The number of halogens is 1. The summed E-state index contributed by atoms with van der Waals surface area (Å²) in [6.45, 7) is 10.2. The smallest absolute Gasteiger partial charge is 0.262 e. The van der Waals surface area contributed by atoms with Crippen LogP contribution in [0.4, 0.5) is 5.69 Å². The first-order chi connectivity index (χ1) is 16.3.